The van der Waals surface area contributed by atoms with E-state index in [1.165, 1.54) is 12.1 Å². The Labute approximate surface area is 115 Å². The van der Waals surface area contributed by atoms with Gasteiger partial charge < -0.3 is 5.32 Å². The molecule has 1 aromatic carbocycles. The SMILES string of the molecule is CCCCCNC(=O)c1n[nH]c2ccc([N+](=O)[O-])cc12. The zero-order chi connectivity index (χ0) is 14.5. The number of fused-ring (bicyclic) bond motifs is 1. The lowest BCUT2D eigenvalue weighted by Gasteiger charge is -2.02. The molecule has 0 atom stereocenters. The molecule has 1 amide bonds. The summed E-state index contributed by atoms with van der Waals surface area (Å²) < 4.78 is 0. The molecule has 0 fully saturated rings. The molecule has 106 valence electrons. The number of nitrogens with one attached hydrogen (secondary N) is 2. The highest BCUT2D eigenvalue weighted by molar-refractivity contribution is 6.05. The lowest BCUT2D eigenvalue weighted by Crippen LogP contribution is -2.24. The van der Waals surface area contributed by atoms with Crippen LogP contribution in [0.4, 0.5) is 5.69 Å². The van der Waals surface area contributed by atoms with Crippen LogP contribution in [0.3, 0.4) is 0 Å². The predicted molar refractivity (Wildman–Crippen MR) is 74.6 cm³/mol. The molecule has 1 heterocycles. The summed E-state index contributed by atoms with van der Waals surface area (Å²) in [6.07, 6.45) is 3.03. The van der Waals surface area contributed by atoms with Gasteiger partial charge in [0.25, 0.3) is 11.6 Å². The summed E-state index contributed by atoms with van der Waals surface area (Å²) in [6, 6.07) is 4.29. The fourth-order valence-electron chi connectivity index (χ4n) is 1.95. The molecular formula is C13H16N4O3. The Kier molecular flexibility index (Phi) is 4.29. The van der Waals surface area contributed by atoms with Crippen molar-refractivity contribution in [2.24, 2.45) is 0 Å². The Bertz CT molecular complexity index is 636. The van der Waals surface area contributed by atoms with Gasteiger partial charge in [-0.05, 0) is 12.5 Å². The van der Waals surface area contributed by atoms with E-state index in [9.17, 15) is 14.9 Å². The number of carbonyl (C=O) groups is 1. The fraction of sp³-hybridized carbons (Fsp3) is 0.385. The van der Waals surface area contributed by atoms with Crippen molar-refractivity contribution in [1.82, 2.24) is 15.5 Å². The molecule has 0 saturated heterocycles. The third-order valence-corrected chi connectivity index (χ3v) is 3.04. The summed E-state index contributed by atoms with van der Waals surface area (Å²) in [5.74, 6) is -0.312. The maximum absolute atomic E-state index is 12.0. The van der Waals surface area contributed by atoms with E-state index in [0.29, 0.717) is 17.4 Å². The molecule has 0 unspecified atom stereocenters. The fourth-order valence-corrected chi connectivity index (χ4v) is 1.95. The quantitative estimate of drug-likeness (QED) is 0.480. The summed E-state index contributed by atoms with van der Waals surface area (Å²) in [4.78, 5) is 22.3. The van der Waals surface area contributed by atoms with Crippen LogP contribution in [0.15, 0.2) is 18.2 Å². The highest BCUT2D eigenvalue weighted by Crippen LogP contribution is 2.21. The first kappa shape index (κ1) is 14.0. The Balaban J connectivity index is 2.18. The van der Waals surface area contributed by atoms with Crippen LogP contribution in [-0.2, 0) is 0 Å². The van der Waals surface area contributed by atoms with Gasteiger partial charge in [0.1, 0.15) is 0 Å². The zero-order valence-corrected chi connectivity index (χ0v) is 11.2. The minimum atomic E-state index is -0.491. The van der Waals surface area contributed by atoms with Crippen molar-refractivity contribution in [3.63, 3.8) is 0 Å². The van der Waals surface area contributed by atoms with Gasteiger partial charge in [0.2, 0.25) is 0 Å². The third kappa shape index (κ3) is 2.93. The average Bonchev–Trinajstić information content (AvgIpc) is 2.86. The molecule has 2 aromatic rings. The number of nitro groups is 1. The number of carbonyl (C=O) groups excluding carboxylic acids is 1. The monoisotopic (exact) mass is 276 g/mol. The van der Waals surface area contributed by atoms with Gasteiger partial charge >= 0.3 is 0 Å². The summed E-state index contributed by atoms with van der Waals surface area (Å²) in [7, 11) is 0. The van der Waals surface area contributed by atoms with Crippen LogP contribution in [0.1, 0.15) is 36.7 Å². The topological polar surface area (TPSA) is 101 Å². The van der Waals surface area contributed by atoms with Gasteiger partial charge in [-0.1, -0.05) is 19.8 Å². The van der Waals surface area contributed by atoms with Crippen LogP contribution in [0.25, 0.3) is 10.9 Å². The lowest BCUT2D eigenvalue weighted by atomic mass is 10.2. The van der Waals surface area contributed by atoms with Crippen molar-refractivity contribution in [3.05, 3.63) is 34.0 Å². The van der Waals surface area contributed by atoms with Crippen molar-refractivity contribution < 1.29 is 9.72 Å². The van der Waals surface area contributed by atoms with Crippen molar-refractivity contribution in [2.45, 2.75) is 26.2 Å². The first-order valence-corrected chi connectivity index (χ1v) is 6.54. The molecule has 1 aromatic heterocycles. The van der Waals surface area contributed by atoms with E-state index in [4.69, 9.17) is 0 Å². The van der Waals surface area contributed by atoms with Gasteiger partial charge in [-0.15, -0.1) is 0 Å². The van der Waals surface area contributed by atoms with Crippen molar-refractivity contribution >= 4 is 22.5 Å². The second kappa shape index (κ2) is 6.14. The molecule has 7 nitrogen and oxygen atoms in total. The van der Waals surface area contributed by atoms with Crippen LogP contribution in [-0.4, -0.2) is 27.6 Å². The summed E-state index contributed by atoms with van der Waals surface area (Å²) in [5, 5.41) is 20.6. The molecule has 0 aliphatic heterocycles. The molecule has 0 spiro atoms. The largest absolute Gasteiger partial charge is 0.351 e. The highest BCUT2D eigenvalue weighted by atomic mass is 16.6. The number of aromatic amines is 1. The Morgan fingerprint density at radius 1 is 1.45 bits per heavy atom. The number of aromatic nitrogens is 2. The molecule has 0 bridgehead atoms. The summed E-state index contributed by atoms with van der Waals surface area (Å²) >= 11 is 0. The number of hydrogen-bond acceptors (Lipinski definition) is 4. The van der Waals surface area contributed by atoms with Crippen molar-refractivity contribution in [2.75, 3.05) is 6.54 Å². The number of non-ortho nitro benzene ring substituents is 1. The average molecular weight is 276 g/mol. The Morgan fingerprint density at radius 2 is 2.25 bits per heavy atom. The number of rotatable bonds is 6. The van der Waals surface area contributed by atoms with Crippen LogP contribution >= 0.6 is 0 Å². The number of amides is 1. The van der Waals surface area contributed by atoms with Crippen LogP contribution < -0.4 is 5.32 Å². The molecule has 0 aliphatic carbocycles. The maximum Gasteiger partial charge on any atom is 0.272 e. The number of H-pyrrole nitrogens is 1. The summed E-state index contributed by atoms with van der Waals surface area (Å²) in [5.41, 5.74) is 0.744. The van der Waals surface area contributed by atoms with Gasteiger partial charge in [-0.25, -0.2) is 0 Å². The van der Waals surface area contributed by atoms with Crippen molar-refractivity contribution in [1.29, 1.82) is 0 Å². The lowest BCUT2D eigenvalue weighted by molar-refractivity contribution is -0.384. The van der Waals surface area contributed by atoms with E-state index in [2.05, 4.69) is 22.4 Å². The standard InChI is InChI=1S/C13H16N4O3/c1-2-3-4-7-14-13(18)12-10-8-9(17(19)20)5-6-11(10)15-16-12/h5-6,8H,2-4,7H2,1H3,(H,14,18)(H,15,16). The van der Waals surface area contributed by atoms with E-state index >= 15 is 0 Å². The van der Waals surface area contributed by atoms with Crippen molar-refractivity contribution in [3.8, 4) is 0 Å². The first-order valence-electron chi connectivity index (χ1n) is 6.54. The first-order chi connectivity index (χ1) is 9.63. The highest BCUT2D eigenvalue weighted by Gasteiger charge is 2.16. The van der Waals surface area contributed by atoms with Crippen LogP contribution in [0.2, 0.25) is 0 Å². The van der Waals surface area contributed by atoms with E-state index in [1.54, 1.807) is 6.07 Å². The number of hydrogen-bond donors (Lipinski definition) is 2. The summed E-state index contributed by atoms with van der Waals surface area (Å²) in [6.45, 7) is 2.66. The number of nitro benzene ring substituents is 1. The molecular weight excluding hydrogens is 260 g/mol. The smallest absolute Gasteiger partial charge is 0.272 e. The third-order valence-electron chi connectivity index (χ3n) is 3.04. The van der Waals surface area contributed by atoms with Gasteiger partial charge in [0.05, 0.1) is 10.4 Å². The molecule has 20 heavy (non-hydrogen) atoms. The Morgan fingerprint density at radius 3 is 2.95 bits per heavy atom. The molecule has 2 rings (SSSR count). The van der Waals surface area contributed by atoms with E-state index in [0.717, 1.165) is 19.3 Å². The number of unbranched alkanes of at least 4 members (excludes halogenated alkanes) is 2. The molecule has 7 heteroatoms. The molecule has 0 radical (unpaired) electrons. The Hall–Kier alpha value is -2.44. The van der Waals surface area contributed by atoms with E-state index in [-0.39, 0.29) is 17.3 Å². The minimum Gasteiger partial charge on any atom is -0.351 e. The normalized spacial score (nSPS) is 10.7. The molecule has 2 N–H and O–H groups in total. The van der Waals surface area contributed by atoms with Crippen LogP contribution in [0, 0.1) is 10.1 Å². The number of benzene rings is 1. The minimum absolute atomic E-state index is 0.0565. The maximum atomic E-state index is 12.0. The zero-order valence-electron chi connectivity index (χ0n) is 11.2. The second-order valence-corrected chi connectivity index (χ2v) is 4.52. The second-order valence-electron chi connectivity index (χ2n) is 4.52. The van der Waals surface area contributed by atoms with Gasteiger partial charge in [0, 0.05) is 24.1 Å². The molecule has 0 aliphatic rings. The van der Waals surface area contributed by atoms with E-state index in [1.807, 2.05) is 0 Å². The van der Waals surface area contributed by atoms with Crippen LogP contribution in [0.5, 0.6) is 0 Å². The van der Waals surface area contributed by atoms with E-state index < -0.39 is 4.92 Å². The molecule has 0 saturated carbocycles. The van der Waals surface area contributed by atoms with Gasteiger partial charge in [-0.3, -0.25) is 20.0 Å². The van der Waals surface area contributed by atoms with Gasteiger partial charge in [-0.2, -0.15) is 5.10 Å². The number of nitrogens with zero attached hydrogens (tertiary/aromatic N) is 2. The predicted octanol–water partition coefficient (Wildman–Crippen LogP) is 2.39. The van der Waals surface area contributed by atoms with Gasteiger partial charge in [0.15, 0.2) is 5.69 Å².